The van der Waals surface area contributed by atoms with Crippen LogP contribution in [0.1, 0.15) is 60.1 Å². The molecular weight excluding hydrogens is 479 g/mol. The average molecular weight is 509 g/mol. The van der Waals surface area contributed by atoms with E-state index in [1.165, 1.54) is 6.07 Å². The van der Waals surface area contributed by atoms with E-state index in [1.807, 2.05) is 0 Å². The van der Waals surface area contributed by atoms with E-state index in [0.29, 0.717) is 41.9 Å². The first-order valence-corrected chi connectivity index (χ1v) is 12.7. The summed E-state index contributed by atoms with van der Waals surface area (Å²) in [4.78, 5) is 31.0. The molecule has 6 rings (SSSR count). The molecule has 2 aliphatic heterocycles. The van der Waals surface area contributed by atoms with Gasteiger partial charge in [0.15, 0.2) is 5.60 Å². The van der Waals surface area contributed by atoms with Crippen LogP contribution in [0.25, 0.3) is 22.3 Å². The summed E-state index contributed by atoms with van der Waals surface area (Å²) in [5.41, 5.74) is 2.70. The molecule has 0 unspecified atom stereocenters. The number of hydrogen-bond acceptors (Lipinski definition) is 7. The topological polar surface area (TPSA) is 111 Å². The van der Waals surface area contributed by atoms with Crippen molar-refractivity contribution >= 4 is 16.9 Å². The zero-order valence-electron chi connectivity index (χ0n) is 21.1. The molecule has 0 radical (unpaired) electrons. The Labute approximate surface area is 212 Å². The maximum atomic E-state index is 15.0. The first-order valence-electron chi connectivity index (χ1n) is 12.7. The van der Waals surface area contributed by atoms with Crippen LogP contribution >= 0.6 is 0 Å². The monoisotopic (exact) mass is 508 g/mol. The highest BCUT2D eigenvalue weighted by molar-refractivity contribution is 5.94. The van der Waals surface area contributed by atoms with Gasteiger partial charge in [-0.3, -0.25) is 4.79 Å². The summed E-state index contributed by atoms with van der Waals surface area (Å²) in [6.45, 7) is 6.08. The van der Waals surface area contributed by atoms with Gasteiger partial charge in [0.2, 0.25) is 0 Å². The third-order valence-electron chi connectivity index (χ3n) is 8.49. The van der Waals surface area contributed by atoms with Crippen molar-refractivity contribution in [2.45, 2.75) is 64.2 Å². The fourth-order valence-electron chi connectivity index (χ4n) is 6.40. The van der Waals surface area contributed by atoms with Crippen molar-refractivity contribution in [1.29, 1.82) is 0 Å². The average Bonchev–Trinajstić information content (AvgIpc) is 3.24. The second kappa shape index (κ2) is 8.18. The second-order valence-electron chi connectivity index (χ2n) is 10.6. The van der Waals surface area contributed by atoms with Crippen molar-refractivity contribution in [1.82, 2.24) is 9.55 Å². The molecule has 9 heteroatoms. The molecule has 0 amide bonds. The van der Waals surface area contributed by atoms with Crippen LogP contribution in [0.4, 0.5) is 4.39 Å². The molecule has 1 aromatic carbocycles. The standard InChI is InChI=1S/C28H29FN2O6/c1-4-28(35)18-9-21-24-16(11-31(21)25(33)17(18)12-37-26(28)34)23-22-15(14(2)19(29)10-20(22)30-24)5-6-27(23,3)13-36-8-7-32/h9-10,32,35H,4-8,11-13H2,1-3H3/t27-,28-/m0/s1. The molecule has 3 aliphatic rings. The van der Waals surface area contributed by atoms with Crippen LogP contribution < -0.4 is 5.56 Å². The van der Waals surface area contributed by atoms with Crippen molar-refractivity contribution in [2.75, 3.05) is 19.8 Å². The van der Waals surface area contributed by atoms with Crippen molar-refractivity contribution < 1.29 is 28.9 Å². The number of esters is 1. The maximum absolute atomic E-state index is 15.0. The van der Waals surface area contributed by atoms with Gasteiger partial charge in [0.05, 0.1) is 48.8 Å². The lowest BCUT2D eigenvalue weighted by Crippen LogP contribution is -2.44. The molecule has 0 spiro atoms. The van der Waals surface area contributed by atoms with Crippen molar-refractivity contribution in [3.05, 3.63) is 61.7 Å². The smallest absolute Gasteiger partial charge is 0.343 e. The van der Waals surface area contributed by atoms with Gasteiger partial charge in [0, 0.05) is 28.0 Å². The van der Waals surface area contributed by atoms with Gasteiger partial charge in [0.1, 0.15) is 12.4 Å². The number of carbonyl (C=O) groups is 1. The minimum Gasteiger partial charge on any atom is -0.458 e. The number of rotatable bonds is 5. The quantitative estimate of drug-likeness (QED) is 0.315. The predicted octanol–water partition coefficient (Wildman–Crippen LogP) is 2.74. The minimum atomic E-state index is -1.92. The van der Waals surface area contributed by atoms with Gasteiger partial charge in [0.25, 0.3) is 5.56 Å². The number of aromatic nitrogens is 2. The highest BCUT2D eigenvalue weighted by Crippen LogP contribution is 2.48. The van der Waals surface area contributed by atoms with E-state index in [-0.39, 0.29) is 55.3 Å². The number of ether oxygens (including phenoxy) is 2. The summed E-state index contributed by atoms with van der Waals surface area (Å²) in [6.07, 6.45) is 1.43. The van der Waals surface area contributed by atoms with Crippen LogP contribution in [0.3, 0.4) is 0 Å². The van der Waals surface area contributed by atoms with Crippen molar-refractivity contribution in [3.63, 3.8) is 0 Å². The number of hydrogen-bond donors (Lipinski definition) is 2. The zero-order valence-corrected chi connectivity index (χ0v) is 21.1. The molecular formula is C28H29FN2O6. The highest BCUT2D eigenvalue weighted by Gasteiger charge is 2.46. The molecule has 0 fully saturated rings. The number of aliphatic hydroxyl groups is 2. The van der Waals surface area contributed by atoms with E-state index < -0.39 is 17.0 Å². The number of cyclic esters (lactones) is 1. The predicted molar refractivity (Wildman–Crippen MR) is 133 cm³/mol. The molecule has 0 saturated heterocycles. The number of benzene rings is 1. The Hall–Kier alpha value is -3.14. The number of aliphatic hydroxyl groups excluding tert-OH is 1. The number of pyridine rings is 2. The van der Waals surface area contributed by atoms with Gasteiger partial charge < -0.3 is 24.3 Å². The van der Waals surface area contributed by atoms with Gasteiger partial charge in [-0.05, 0) is 48.9 Å². The normalized spacial score (nSPS) is 23.6. The fourth-order valence-corrected chi connectivity index (χ4v) is 6.40. The SMILES string of the molecule is CC[C@@]1(O)C(=O)OCc2c1cc1n(c2=O)Cc2c-1nc1cc(F)c(C)c3c1c2[C@](C)(COCCO)CC3. The summed E-state index contributed by atoms with van der Waals surface area (Å²) >= 11 is 0. The lowest BCUT2D eigenvalue weighted by Gasteiger charge is -2.37. The third kappa shape index (κ3) is 3.20. The Morgan fingerprint density at radius 2 is 2.03 bits per heavy atom. The Morgan fingerprint density at radius 3 is 2.76 bits per heavy atom. The maximum Gasteiger partial charge on any atom is 0.343 e. The Kier molecular flexibility index (Phi) is 5.35. The van der Waals surface area contributed by atoms with Crippen molar-refractivity contribution in [3.8, 4) is 11.4 Å². The fraction of sp³-hybridized carbons (Fsp3) is 0.464. The summed E-state index contributed by atoms with van der Waals surface area (Å²) in [5.74, 6) is -1.10. The van der Waals surface area contributed by atoms with Gasteiger partial charge in [-0.1, -0.05) is 13.8 Å². The van der Waals surface area contributed by atoms with E-state index >= 15 is 0 Å². The highest BCUT2D eigenvalue weighted by atomic mass is 19.1. The molecule has 8 nitrogen and oxygen atoms in total. The molecule has 0 saturated carbocycles. The summed E-state index contributed by atoms with van der Waals surface area (Å²) in [6, 6.07) is 3.11. The van der Waals surface area contributed by atoms with Gasteiger partial charge >= 0.3 is 5.97 Å². The van der Waals surface area contributed by atoms with E-state index in [4.69, 9.17) is 14.5 Å². The van der Waals surface area contributed by atoms with Crippen LogP contribution in [0, 0.1) is 12.7 Å². The summed E-state index contributed by atoms with van der Waals surface area (Å²) < 4.78 is 27.6. The lowest BCUT2D eigenvalue weighted by molar-refractivity contribution is -0.172. The summed E-state index contributed by atoms with van der Waals surface area (Å²) in [5, 5.41) is 21.3. The molecule has 1 aliphatic carbocycles. The Bertz CT molecular complexity index is 1560. The van der Waals surface area contributed by atoms with E-state index in [0.717, 1.165) is 22.1 Å². The van der Waals surface area contributed by atoms with Crippen LogP contribution in [0.2, 0.25) is 0 Å². The lowest BCUT2D eigenvalue weighted by atomic mass is 9.69. The number of nitrogens with zero attached hydrogens (tertiary/aromatic N) is 2. The third-order valence-corrected chi connectivity index (χ3v) is 8.49. The molecule has 0 bridgehead atoms. The Balaban J connectivity index is 1.66. The minimum absolute atomic E-state index is 0.0547. The first kappa shape index (κ1) is 24.2. The molecule has 37 heavy (non-hydrogen) atoms. The largest absolute Gasteiger partial charge is 0.458 e. The molecule has 3 aromatic rings. The first-order chi connectivity index (χ1) is 17.6. The zero-order chi connectivity index (χ0) is 26.3. The molecule has 4 heterocycles. The van der Waals surface area contributed by atoms with E-state index in [9.17, 15) is 24.2 Å². The van der Waals surface area contributed by atoms with Gasteiger partial charge in [-0.15, -0.1) is 0 Å². The Morgan fingerprint density at radius 1 is 1.24 bits per heavy atom. The number of carbonyl (C=O) groups excluding carboxylic acids is 1. The number of aryl methyl sites for hydroxylation is 1. The van der Waals surface area contributed by atoms with Gasteiger partial charge in [-0.2, -0.15) is 0 Å². The number of fused-ring (bicyclic) bond motifs is 5. The molecule has 194 valence electrons. The van der Waals surface area contributed by atoms with Gasteiger partial charge in [-0.25, -0.2) is 14.2 Å². The van der Waals surface area contributed by atoms with Crippen molar-refractivity contribution in [2.24, 2.45) is 0 Å². The van der Waals surface area contributed by atoms with E-state index in [2.05, 4.69) is 6.92 Å². The van der Waals surface area contributed by atoms with Crippen LogP contribution in [-0.4, -0.2) is 45.6 Å². The number of halogens is 1. The summed E-state index contributed by atoms with van der Waals surface area (Å²) in [7, 11) is 0. The second-order valence-corrected chi connectivity index (χ2v) is 10.6. The molecule has 2 atom stereocenters. The van der Waals surface area contributed by atoms with Crippen LogP contribution in [0.5, 0.6) is 0 Å². The van der Waals surface area contributed by atoms with E-state index in [1.54, 1.807) is 24.5 Å². The molecule has 2 aromatic heterocycles. The van der Waals surface area contributed by atoms with Crippen LogP contribution in [0.15, 0.2) is 16.9 Å². The molecule has 2 N–H and O–H groups in total. The van der Waals surface area contributed by atoms with Crippen LogP contribution in [-0.2, 0) is 44.9 Å².